The van der Waals surface area contributed by atoms with Crippen molar-refractivity contribution in [2.24, 2.45) is 23.5 Å². The van der Waals surface area contributed by atoms with Crippen molar-refractivity contribution in [3.63, 3.8) is 0 Å². The fourth-order valence-corrected chi connectivity index (χ4v) is 3.66. The average molecular weight is 475 g/mol. The number of carbonyl (C=O) groups is 3. The maximum atomic E-state index is 13.2. The van der Waals surface area contributed by atoms with Crippen molar-refractivity contribution >= 4 is 23.8 Å². The maximum absolute atomic E-state index is 13.2. The smallest absolute Gasteiger partial charge is 0.254 e. The van der Waals surface area contributed by atoms with Gasteiger partial charge in [0.05, 0.1) is 17.9 Å². The van der Waals surface area contributed by atoms with E-state index in [1.165, 1.54) is 6.92 Å². The van der Waals surface area contributed by atoms with E-state index < -0.39 is 41.9 Å². The molecule has 0 spiro atoms. The van der Waals surface area contributed by atoms with Crippen molar-refractivity contribution in [3.05, 3.63) is 42.0 Å². The number of hydrogen-bond donors (Lipinski definition) is 4. The lowest BCUT2D eigenvalue weighted by Gasteiger charge is -2.28. The maximum Gasteiger partial charge on any atom is 0.254 e. The van der Waals surface area contributed by atoms with E-state index in [1.807, 2.05) is 56.3 Å². The van der Waals surface area contributed by atoms with Crippen molar-refractivity contribution in [2.75, 3.05) is 6.61 Å². The minimum absolute atomic E-state index is 0.135. The van der Waals surface area contributed by atoms with Crippen molar-refractivity contribution < 1.29 is 24.0 Å². The van der Waals surface area contributed by atoms with Crippen molar-refractivity contribution in [1.29, 1.82) is 0 Å². The second-order valence-electron chi connectivity index (χ2n) is 9.04. The first-order chi connectivity index (χ1) is 16.3. The molecule has 1 unspecified atom stereocenters. The number of hydrogen-bond acceptors (Lipinski definition) is 6. The molecule has 4 atom stereocenters. The Bertz CT molecular complexity index is 807. The molecule has 0 aliphatic carbocycles. The first kappa shape index (κ1) is 27.5. The second kappa shape index (κ2) is 14.5. The zero-order valence-electron chi connectivity index (χ0n) is 20.3. The predicted octanol–water partition coefficient (Wildman–Crippen LogP) is 2.44. The van der Waals surface area contributed by atoms with Crippen LogP contribution in [-0.2, 0) is 24.0 Å². The molecule has 1 aromatic rings. The molecule has 1 aliphatic rings. The number of allylic oxidation sites excluding steroid dienone is 1. The molecule has 9 nitrogen and oxygen atoms in total. The summed E-state index contributed by atoms with van der Waals surface area (Å²) in [5, 5.41) is 0. The summed E-state index contributed by atoms with van der Waals surface area (Å²) in [6.45, 7) is 6.05. The van der Waals surface area contributed by atoms with Crippen LogP contribution in [0.1, 0.15) is 58.4 Å². The predicted molar refractivity (Wildman–Crippen MR) is 129 cm³/mol. The third-order valence-corrected chi connectivity index (χ3v) is 5.54. The molecule has 34 heavy (non-hydrogen) atoms. The van der Waals surface area contributed by atoms with Gasteiger partial charge in [0, 0.05) is 13.0 Å². The number of nitrogens with one attached hydrogen (secondary N) is 3. The molecule has 0 saturated carbocycles. The first-order valence-electron chi connectivity index (χ1n) is 11.9. The Morgan fingerprint density at radius 2 is 1.76 bits per heavy atom. The molecule has 0 bridgehead atoms. The van der Waals surface area contributed by atoms with Crippen LogP contribution in [0.15, 0.2) is 36.4 Å². The highest BCUT2D eigenvalue weighted by molar-refractivity contribution is 5.89. The van der Waals surface area contributed by atoms with Crippen LogP contribution >= 0.6 is 0 Å². The summed E-state index contributed by atoms with van der Waals surface area (Å²) in [6.07, 6.45) is 6.65. The van der Waals surface area contributed by atoms with E-state index in [0.29, 0.717) is 25.9 Å². The number of hydroxylamine groups is 1. The third-order valence-electron chi connectivity index (χ3n) is 5.54. The Balaban J connectivity index is 2.16. The summed E-state index contributed by atoms with van der Waals surface area (Å²) in [5.41, 5.74) is 13.8. The molecular weight excluding hydrogens is 436 g/mol. The highest BCUT2D eigenvalue weighted by Gasteiger charge is 2.34. The number of benzene rings is 1. The van der Waals surface area contributed by atoms with Crippen molar-refractivity contribution in [1.82, 2.24) is 16.3 Å². The van der Waals surface area contributed by atoms with Gasteiger partial charge in [0.25, 0.3) is 5.91 Å². The lowest BCUT2D eigenvalue weighted by Crippen LogP contribution is -2.52. The van der Waals surface area contributed by atoms with Gasteiger partial charge < -0.3 is 10.5 Å². The number of nitrogens with two attached hydrogens (primary N) is 1. The number of hydrazine groups is 1. The van der Waals surface area contributed by atoms with Gasteiger partial charge in [0.15, 0.2) is 6.29 Å². The molecule has 1 fully saturated rings. The molecule has 3 amide bonds. The summed E-state index contributed by atoms with van der Waals surface area (Å²) in [5.74, 6) is -2.67. The quantitative estimate of drug-likeness (QED) is 0.364. The van der Waals surface area contributed by atoms with Gasteiger partial charge in [-0.3, -0.25) is 25.2 Å². The van der Waals surface area contributed by atoms with Gasteiger partial charge in [-0.25, -0.2) is 10.3 Å². The van der Waals surface area contributed by atoms with Gasteiger partial charge in [-0.1, -0.05) is 56.3 Å². The minimum atomic E-state index is -0.777. The molecule has 5 N–H and O–H groups in total. The summed E-state index contributed by atoms with van der Waals surface area (Å²) in [4.78, 5) is 43.6. The molecule has 0 radical (unpaired) electrons. The lowest BCUT2D eigenvalue weighted by molar-refractivity contribution is -0.203. The van der Waals surface area contributed by atoms with Crippen LogP contribution in [0.25, 0.3) is 6.08 Å². The van der Waals surface area contributed by atoms with E-state index in [1.54, 1.807) is 0 Å². The van der Waals surface area contributed by atoms with Gasteiger partial charge in [-0.15, -0.1) is 0 Å². The molecule has 1 heterocycles. The standard InChI is InChI=1S/C25H38N4O5/c1-17(2)16-21(24(31)28-27-23(30)18(3)26)20(13-9-12-19-10-5-4-6-11-19)25(32)29-34-22-14-7-8-15-33-22/h4-6,9-12,17-18,20-22H,7-8,13-16,26H2,1-3H3,(H,27,30)(H,28,31)(H,29,32)/b12-9+/t18-,20+,21-,22?/m1/s1. The van der Waals surface area contributed by atoms with Crippen LogP contribution in [0.2, 0.25) is 0 Å². The Morgan fingerprint density at radius 1 is 1.06 bits per heavy atom. The van der Waals surface area contributed by atoms with Crippen LogP contribution in [0, 0.1) is 17.8 Å². The van der Waals surface area contributed by atoms with Crippen molar-refractivity contribution in [2.45, 2.75) is 65.2 Å². The number of amides is 3. The van der Waals surface area contributed by atoms with E-state index in [-0.39, 0.29) is 5.92 Å². The van der Waals surface area contributed by atoms with Crippen LogP contribution in [0.3, 0.4) is 0 Å². The fraction of sp³-hybridized carbons (Fsp3) is 0.560. The van der Waals surface area contributed by atoms with E-state index in [0.717, 1.165) is 18.4 Å². The van der Waals surface area contributed by atoms with Gasteiger partial charge in [-0.05, 0) is 44.1 Å². The third kappa shape index (κ3) is 9.62. The molecule has 1 aromatic carbocycles. The Morgan fingerprint density at radius 3 is 2.38 bits per heavy atom. The molecule has 9 heteroatoms. The minimum Gasteiger partial charge on any atom is -0.350 e. The average Bonchev–Trinajstić information content (AvgIpc) is 2.83. The van der Waals surface area contributed by atoms with Crippen LogP contribution < -0.4 is 22.1 Å². The van der Waals surface area contributed by atoms with Crippen LogP contribution in [-0.4, -0.2) is 36.7 Å². The lowest BCUT2D eigenvalue weighted by atomic mass is 9.82. The summed E-state index contributed by atoms with van der Waals surface area (Å²) >= 11 is 0. The Labute approximate surface area is 201 Å². The SMILES string of the molecule is CC(C)C[C@@H](C(=O)NNC(=O)[C@@H](C)N)[C@H](C/C=C/c1ccccc1)C(=O)NOC1CCCCO1. The summed E-state index contributed by atoms with van der Waals surface area (Å²) < 4.78 is 5.52. The molecule has 1 saturated heterocycles. The largest absolute Gasteiger partial charge is 0.350 e. The molecule has 1 aliphatic heterocycles. The highest BCUT2D eigenvalue weighted by Crippen LogP contribution is 2.26. The topological polar surface area (TPSA) is 132 Å². The summed E-state index contributed by atoms with van der Waals surface area (Å²) in [6, 6.07) is 8.92. The zero-order chi connectivity index (χ0) is 24.9. The number of ether oxygens (including phenoxy) is 1. The fourth-order valence-electron chi connectivity index (χ4n) is 3.66. The van der Waals surface area contributed by atoms with Gasteiger partial charge in [0.2, 0.25) is 11.8 Å². The van der Waals surface area contributed by atoms with E-state index >= 15 is 0 Å². The highest BCUT2D eigenvalue weighted by atomic mass is 16.8. The Hall–Kier alpha value is -2.75. The monoisotopic (exact) mass is 474 g/mol. The van der Waals surface area contributed by atoms with Crippen molar-refractivity contribution in [3.8, 4) is 0 Å². The normalized spacial score (nSPS) is 18.8. The van der Waals surface area contributed by atoms with Gasteiger partial charge >= 0.3 is 0 Å². The molecule has 188 valence electrons. The van der Waals surface area contributed by atoms with E-state index in [9.17, 15) is 14.4 Å². The molecular formula is C25H38N4O5. The van der Waals surface area contributed by atoms with Gasteiger partial charge in [-0.2, -0.15) is 0 Å². The Kier molecular flexibility index (Phi) is 11.7. The second-order valence-corrected chi connectivity index (χ2v) is 9.04. The van der Waals surface area contributed by atoms with Crippen LogP contribution in [0.4, 0.5) is 0 Å². The zero-order valence-corrected chi connectivity index (χ0v) is 20.3. The number of rotatable bonds is 11. The van der Waals surface area contributed by atoms with E-state index in [2.05, 4.69) is 16.3 Å². The first-order valence-corrected chi connectivity index (χ1v) is 11.9. The van der Waals surface area contributed by atoms with E-state index in [4.69, 9.17) is 15.3 Å². The molecule has 2 rings (SSSR count). The van der Waals surface area contributed by atoms with Crippen LogP contribution in [0.5, 0.6) is 0 Å². The summed E-state index contributed by atoms with van der Waals surface area (Å²) in [7, 11) is 0. The number of carbonyl (C=O) groups excluding carboxylic acids is 3. The van der Waals surface area contributed by atoms with Gasteiger partial charge in [0.1, 0.15) is 0 Å². The molecule has 0 aromatic heterocycles.